The van der Waals surface area contributed by atoms with E-state index in [1.165, 1.54) is 4.90 Å². The predicted molar refractivity (Wildman–Crippen MR) is 109 cm³/mol. The molecule has 1 aliphatic rings. The molecule has 0 spiro atoms. The molecule has 0 bridgehead atoms. The van der Waals surface area contributed by atoms with Gasteiger partial charge < -0.3 is 4.74 Å². The molecule has 5 nitrogen and oxygen atoms in total. The second-order valence-corrected chi connectivity index (χ2v) is 6.80. The minimum atomic E-state index is -1.11. The number of methoxy groups -OCH3 is 1. The SMILES string of the molecule is COc1ccc(C(=O)C2C(=O)C(=O)N(c3ccccc3)C2c2ccccc2)cc1. The van der Waals surface area contributed by atoms with Gasteiger partial charge >= 0.3 is 0 Å². The maximum Gasteiger partial charge on any atom is 0.295 e. The molecule has 3 aromatic rings. The van der Waals surface area contributed by atoms with Gasteiger partial charge in [-0.25, -0.2) is 0 Å². The van der Waals surface area contributed by atoms with Crippen LogP contribution in [-0.4, -0.2) is 24.6 Å². The van der Waals surface area contributed by atoms with Crippen LogP contribution in [0.15, 0.2) is 84.9 Å². The molecule has 1 saturated heterocycles. The zero-order valence-electron chi connectivity index (χ0n) is 15.8. The monoisotopic (exact) mass is 385 g/mol. The number of ketones is 2. The van der Waals surface area contributed by atoms with Crippen molar-refractivity contribution in [1.82, 2.24) is 0 Å². The summed E-state index contributed by atoms with van der Waals surface area (Å²) in [6.45, 7) is 0. The highest BCUT2D eigenvalue weighted by molar-refractivity contribution is 6.49. The van der Waals surface area contributed by atoms with Gasteiger partial charge in [0.1, 0.15) is 11.7 Å². The molecular formula is C24H19NO4. The highest BCUT2D eigenvalue weighted by Crippen LogP contribution is 2.41. The summed E-state index contributed by atoms with van der Waals surface area (Å²) in [6, 6.07) is 24.0. The number of para-hydroxylation sites is 1. The Kier molecular flexibility index (Phi) is 4.96. The smallest absolute Gasteiger partial charge is 0.295 e. The Morgan fingerprint density at radius 3 is 2.00 bits per heavy atom. The molecule has 3 aromatic carbocycles. The van der Waals surface area contributed by atoms with Gasteiger partial charge in [0.15, 0.2) is 5.78 Å². The molecule has 144 valence electrons. The average Bonchev–Trinajstić information content (AvgIpc) is 3.05. The first-order chi connectivity index (χ1) is 14.1. The summed E-state index contributed by atoms with van der Waals surface area (Å²) < 4.78 is 5.14. The van der Waals surface area contributed by atoms with E-state index in [2.05, 4.69) is 0 Å². The van der Waals surface area contributed by atoms with Gasteiger partial charge in [0, 0.05) is 11.3 Å². The first-order valence-corrected chi connectivity index (χ1v) is 9.27. The largest absolute Gasteiger partial charge is 0.497 e. The van der Waals surface area contributed by atoms with E-state index in [1.54, 1.807) is 55.6 Å². The van der Waals surface area contributed by atoms with Crippen LogP contribution in [0.1, 0.15) is 22.0 Å². The van der Waals surface area contributed by atoms with E-state index in [0.717, 1.165) is 5.56 Å². The lowest BCUT2D eigenvalue weighted by atomic mass is 9.86. The van der Waals surface area contributed by atoms with E-state index < -0.39 is 23.7 Å². The Bertz CT molecular complexity index is 1050. The summed E-state index contributed by atoms with van der Waals surface area (Å²) in [5, 5.41) is 0. The lowest BCUT2D eigenvalue weighted by Gasteiger charge is -2.27. The number of hydrogen-bond donors (Lipinski definition) is 0. The molecular weight excluding hydrogens is 366 g/mol. The molecule has 0 aliphatic carbocycles. The van der Waals surface area contributed by atoms with E-state index >= 15 is 0 Å². The zero-order chi connectivity index (χ0) is 20.4. The molecule has 1 aliphatic heterocycles. The van der Waals surface area contributed by atoms with Crippen LogP contribution in [0.25, 0.3) is 0 Å². The van der Waals surface area contributed by atoms with Crippen LogP contribution in [0.2, 0.25) is 0 Å². The van der Waals surface area contributed by atoms with E-state index in [0.29, 0.717) is 17.0 Å². The van der Waals surface area contributed by atoms with Crippen molar-refractivity contribution in [1.29, 1.82) is 0 Å². The standard InChI is InChI=1S/C24H19NO4/c1-29-19-14-12-17(13-15-19)22(26)20-21(16-8-4-2-5-9-16)25(24(28)23(20)27)18-10-6-3-7-11-18/h2-15,20-21H,1H3. The van der Waals surface area contributed by atoms with Crippen LogP contribution in [-0.2, 0) is 9.59 Å². The van der Waals surface area contributed by atoms with Crippen LogP contribution < -0.4 is 9.64 Å². The van der Waals surface area contributed by atoms with Gasteiger partial charge in [-0.05, 0) is 42.0 Å². The van der Waals surface area contributed by atoms with Crippen molar-refractivity contribution in [3.05, 3.63) is 96.1 Å². The average molecular weight is 385 g/mol. The molecule has 1 heterocycles. The molecule has 0 saturated carbocycles. The number of rotatable bonds is 5. The highest BCUT2D eigenvalue weighted by Gasteiger charge is 2.52. The number of anilines is 1. The molecule has 29 heavy (non-hydrogen) atoms. The summed E-state index contributed by atoms with van der Waals surface area (Å²) in [4.78, 5) is 40.7. The Morgan fingerprint density at radius 1 is 0.828 bits per heavy atom. The van der Waals surface area contributed by atoms with Gasteiger partial charge in [0.05, 0.1) is 13.2 Å². The van der Waals surface area contributed by atoms with Gasteiger partial charge in [-0.15, -0.1) is 0 Å². The molecule has 4 rings (SSSR count). The van der Waals surface area contributed by atoms with Crippen molar-refractivity contribution < 1.29 is 19.1 Å². The van der Waals surface area contributed by atoms with Crippen LogP contribution in [0.3, 0.4) is 0 Å². The molecule has 1 amide bonds. The number of nitrogens with zero attached hydrogens (tertiary/aromatic N) is 1. The molecule has 5 heteroatoms. The Morgan fingerprint density at radius 2 is 1.41 bits per heavy atom. The number of carbonyl (C=O) groups is 3. The van der Waals surface area contributed by atoms with Crippen molar-refractivity contribution in [3.8, 4) is 5.75 Å². The fourth-order valence-electron chi connectivity index (χ4n) is 3.73. The number of amides is 1. The zero-order valence-corrected chi connectivity index (χ0v) is 15.8. The predicted octanol–water partition coefficient (Wildman–Crippen LogP) is 3.85. The number of carbonyl (C=O) groups excluding carboxylic acids is 3. The number of hydrogen-bond acceptors (Lipinski definition) is 4. The molecule has 0 N–H and O–H groups in total. The van der Waals surface area contributed by atoms with Crippen LogP contribution in [0.4, 0.5) is 5.69 Å². The molecule has 1 fully saturated rings. The third-order valence-electron chi connectivity index (χ3n) is 5.14. The van der Waals surface area contributed by atoms with Gasteiger partial charge in [0.2, 0.25) is 5.78 Å². The van der Waals surface area contributed by atoms with Crippen LogP contribution in [0, 0.1) is 5.92 Å². The molecule has 2 atom stereocenters. The van der Waals surface area contributed by atoms with E-state index in [4.69, 9.17) is 4.74 Å². The Balaban J connectivity index is 1.81. The fraction of sp³-hybridized carbons (Fsp3) is 0.125. The molecule has 0 aromatic heterocycles. The maximum absolute atomic E-state index is 13.3. The molecule has 0 radical (unpaired) electrons. The topological polar surface area (TPSA) is 63.7 Å². The summed E-state index contributed by atoms with van der Waals surface area (Å²) in [7, 11) is 1.54. The lowest BCUT2D eigenvalue weighted by molar-refractivity contribution is -0.135. The summed E-state index contributed by atoms with van der Waals surface area (Å²) in [5.41, 5.74) is 1.69. The lowest BCUT2D eigenvalue weighted by Crippen LogP contribution is -2.30. The Hall–Kier alpha value is -3.73. The van der Waals surface area contributed by atoms with Crippen molar-refractivity contribution in [2.75, 3.05) is 12.0 Å². The van der Waals surface area contributed by atoms with Crippen molar-refractivity contribution in [2.45, 2.75) is 6.04 Å². The van der Waals surface area contributed by atoms with Crippen molar-refractivity contribution in [3.63, 3.8) is 0 Å². The summed E-state index contributed by atoms with van der Waals surface area (Å²) in [6.07, 6.45) is 0. The van der Waals surface area contributed by atoms with Crippen LogP contribution >= 0.6 is 0 Å². The first kappa shape index (κ1) is 18.6. The third kappa shape index (κ3) is 3.31. The third-order valence-corrected chi connectivity index (χ3v) is 5.14. The van der Waals surface area contributed by atoms with E-state index in [-0.39, 0.29) is 5.78 Å². The minimum Gasteiger partial charge on any atom is -0.497 e. The second kappa shape index (κ2) is 7.72. The maximum atomic E-state index is 13.3. The van der Waals surface area contributed by atoms with Gasteiger partial charge in [-0.1, -0.05) is 48.5 Å². The summed E-state index contributed by atoms with van der Waals surface area (Å²) in [5.74, 6) is -2.24. The van der Waals surface area contributed by atoms with Gasteiger partial charge in [-0.2, -0.15) is 0 Å². The molecule has 2 unspecified atom stereocenters. The second-order valence-electron chi connectivity index (χ2n) is 6.80. The van der Waals surface area contributed by atoms with E-state index in [1.807, 2.05) is 36.4 Å². The Labute approximate surface area is 168 Å². The normalized spacial score (nSPS) is 18.7. The number of benzene rings is 3. The van der Waals surface area contributed by atoms with Gasteiger partial charge in [0.25, 0.3) is 5.91 Å². The number of Topliss-reactive ketones (excluding diaryl/α,β-unsaturated/α-hetero) is 2. The fourth-order valence-corrected chi connectivity index (χ4v) is 3.73. The van der Waals surface area contributed by atoms with Crippen molar-refractivity contribution >= 4 is 23.2 Å². The summed E-state index contributed by atoms with van der Waals surface area (Å²) >= 11 is 0. The minimum absolute atomic E-state index is 0.368. The van der Waals surface area contributed by atoms with Crippen molar-refractivity contribution in [2.24, 2.45) is 5.92 Å². The van der Waals surface area contributed by atoms with Crippen LogP contribution in [0.5, 0.6) is 5.75 Å². The first-order valence-electron chi connectivity index (χ1n) is 9.27. The highest BCUT2D eigenvalue weighted by atomic mass is 16.5. The quantitative estimate of drug-likeness (QED) is 0.380. The number of ether oxygens (including phenoxy) is 1. The van der Waals surface area contributed by atoms with E-state index in [9.17, 15) is 14.4 Å². The van der Waals surface area contributed by atoms with Gasteiger partial charge in [-0.3, -0.25) is 19.3 Å².